The van der Waals surface area contributed by atoms with Gasteiger partial charge in [-0.05, 0) is 31.9 Å². The van der Waals surface area contributed by atoms with E-state index in [9.17, 15) is 0 Å². The molecular formula is C19H24N4O2. The van der Waals surface area contributed by atoms with E-state index in [4.69, 9.17) is 14.5 Å². The maximum absolute atomic E-state index is 5.64. The smallest absolute Gasteiger partial charge is 0.229 e. The minimum Gasteiger partial charge on any atom is -0.486 e. The molecule has 0 atom stereocenters. The molecule has 1 aromatic carbocycles. The fraction of sp³-hybridized carbons (Fsp3) is 0.474. The predicted octanol–water partition coefficient (Wildman–Crippen LogP) is 3.68. The van der Waals surface area contributed by atoms with Crippen LogP contribution in [-0.4, -0.2) is 36.3 Å². The van der Waals surface area contributed by atoms with Crippen molar-refractivity contribution in [1.29, 1.82) is 0 Å². The Hall–Kier alpha value is -2.50. The minimum absolute atomic E-state index is 0.580. The van der Waals surface area contributed by atoms with Gasteiger partial charge in [0.05, 0.1) is 0 Å². The summed E-state index contributed by atoms with van der Waals surface area (Å²) in [5.41, 5.74) is 1.87. The van der Waals surface area contributed by atoms with Crippen LogP contribution >= 0.6 is 0 Å². The Morgan fingerprint density at radius 2 is 1.68 bits per heavy atom. The summed E-state index contributed by atoms with van der Waals surface area (Å²) in [7, 11) is 0. The minimum atomic E-state index is 0.580. The zero-order chi connectivity index (χ0) is 17.1. The zero-order valence-electron chi connectivity index (χ0n) is 14.6. The molecule has 6 nitrogen and oxygen atoms in total. The van der Waals surface area contributed by atoms with Crippen molar-refractivity contribution in [3.8, 4) is 11.5 Å². The lowest BCUT2D eigenvalue weighted by atomic mass is 10.2. The zero-order valence-corrected chi connectivity index (χ0v) is 14.6. The summed E-state index contributed by atoms with van der Waals surface area (Å²) in [6.07, 6.45) is 5.08. The third-order valence-corrected chi connectivity index (χ3v) is 4.57. The standard InChI is InChI=1S/C19H24N4O2/c1-14-12-18(23-8-4-2-3-5-9-23)22-19(20-14)21-15-6-7-16-17(13-15)25-11-10-24-16/h6-7,12-13H,2-5,8-11H2,1H3,(H,20,21,22). The van der Waals surface area contributed by atoms with Gasteiger partial charge >= 0.3 is 0 Å². The molecule has 4 rings (SSSR count). The van der Waals surface area contributed by atoms with Crippen molar-refractivity contribution in [3.05, 3.63) is 30.0 Å². The normalized spacial score (nSPS) is 17.1. The lowest BCUT2D eigenvalue weighted by Crippen LogP contribution is -2.25. The van der Waals surface area contributed by atoms with Gasteiger partial charge in [0.15, 0.2) is 11.5 Å². The molecule has 1 N–H and O–H groups in total. The Labute approximate surface area is 148 Å². The number of aromatic nitrogens is 2. The number of nitrogens with one attached hydrogen (secondary N) is 1. The molecule has 0 unspecified atom stereocenters. The second-order valence-corrected chi connectivity index (χ2v) is 6.58. The van der Waals surface area contributed by atoms with Crippen LogP contribution in [-0.2, 0) is 0 Å². The van der Waals surface area contributed by atoms with Crippen LogP contribution in [0.25, 0.3) is 0 Å². The number of ether oxygens (including phenoxy) is 2. The fourth-order valence-electron chi connectivity index (χ4n) is 3.32. The Morgan fingerprint density at radius 1 is 0.920 bits per heavy atom. The molecule has 25 heavy (non-hydrogen) atoms. The van der Waals surface area contributed by atoms with Crippen LogP contribution in [0.5, 0.6) is 11.5 Å². The molecular weight excluding hydrogens is 316 g/mol. The van der Waals surface area contributed by atoms with Gasteiger partial charge in [0.1, 0.15) is 19.0 Å². The van der Waals surface area contributed by atoms with Gasteiger partial charge in [-0.2, -0.15) is 4.98 Å². The molecule has 0 radical (unpaired) electrons. The molecule has 1 saturated heterocycles. The fourth-order valence-corrected chi connectivity index (χ4v) is 3.32. The van der Waals surface area contributed by atoms with E-state index in [1.165, 1.54) is 25.7 Å². The Bertz CT molecular complexity index is 742. The van der Waals surface area contributed by atoms with Crippen LogP contribution in [0.4, 0.5) is 17.5 Å². The second kappa shape index (κ2) is 7.17. The molecule has 0 saturated carbocycles. The second-order valence-electron chi connectivity index (χ2n) is 6.58. The number of anilines is 3. The first kappa shape index (κ1) is 16.0. The van der Waals surface area contributed by atoms with Crippen LogP contribution in [0, 0.1) is 6.92 Å². The van der Waals surface area contributed by atoms with Gasteiger partial charge in [0, 0.05) is 36.6 Å². The van der Waals surface area contributed by atoms with Gasteiger partial charge in [-0.3, -0.25) is 0 Å². The highest BCUT2D eigenvalue weighted by atomic mass is 16.6. The molecule has 0 amide bonds. The molecule has 0 spiro atoms. The van der Waals surface area contributed by atoms with Crippen molar-refractivity contribution in [2.45, 2.75) is 32.6 Å². The summed E-state index contributed by atoms with van der Waals surface area (Å²) in [5.74, 6) is 3.18. The average molecular weight is 340 g/mol. The third kappa shape index (κ3) is 3.78. The van der Waals surface area contributed by atoms with Gasteiger partial charge < -0.3 is 19.7 Å². The third-order valence-electron chi connectivity index (χ3n) is 4.57. The summed E-state index contributed by atoms with van der Waals surface area (Å²) in [5, 5.41) is 3.31. The highest BCUT2D eigenvalue weighted by Gasteiger charge is 2.15. The van der Waals surface area contributed by atoms with Crippen LogP contribution in [0.1, 0.15) is 31.4 Å². The molecule has 2 aliphatic rings. The Balaban J connectivity index is 1.56. The molecule has 2 aliphatic heterocycles. The van der Waals surface area contributed by atoms with E-state index in [1.807, 2.05) is 25.1 Å². The van der Waals surface area contributed by atoms with Gasteiger partial charge in [-0.25, -0.2) is 4.98 Å². The number of hydrogen-bond donors (Lipinski definition) is 1. The van der Waals surface area contributed by atoms with E-state index < -0.39 is 0 Å². The van der Waals surface area contributed by atoms with E-state index >= 15 is 0 Å². The number of fused-ring (bicyclic) bond motifs is 1. The monoisotopic (exact) mass is 340 g/mol. The van der Waals surface area contributed by atoms with Gasteiger partial charge in [-0.15, -0.1) is 0 Å². The van der Waals surface area contributed by atoms with E-state index in [1.54, 1.807) is 0 Å². The highest BCUT2D eigenvalue weighted by Crippen LogP contribution is 2.33. The van der Waals surface area contributed by atoms with Crippen molar-refractivity contribution in [2.75, 3.05) is 36.5 Å². The van der Waals surface area contributed by atoms with Crippen molar-refractivity contribution in [2.24, 2.45) is 0 Å². The van der Waals surface area contributed by atoms with E-state index in [0.717, 1.165) is 41.8 Å². The van der Waals surface area contributed by atoms with Gasteiger partial charge in [0.25, 0.3) is 0 Å². The number of rotatable bonds is 3. The van der Waals surface area contributed by atoms with Crippen molar-refractivity contribution in [3.63, 3.8) is 0 Å². The molecule has 6 heteroatoms. The SMILES string of the molecule is Cc1cc(N2CCCCCC2)nc(Nc2ccc3c(c2)OCCO3)n1. The van der Waals surface area contributed by atoms with Crippen LogP contribution in [0.2, 0.25) is 0 Å². The first-order valence-electron chi connectivity index (χ1n) is 9.05. The molecule has 0 aliphatic carbocycles. The van der Waals surface area contributed by atoms with Crippen LogP contribution < -0.4 is 19.7 Å². The van der Waals surface area contributed by atoms with Crippen molar-refractivity contribution < 1.29 is 9.47 Å². The van der Waals surface area contributed by atoms with E-state index in [0.29, 0.717) is 19.2 Å². The van der Waals surface area contributed by atoms with Gasteiger partial charge in [0.2, 0.25) is 5.95 Å². The van der Waals surface area contributed by atoms with E-state index in [-0.39, 0.29) is 0 Å². The molecule has 3 heterocycles. The lowest BCUT2D eigenvalue weighted by Gasteiger charge is -2.22. The maximum Gasteiger partial charge on any atom is 0.229 e. The quantitative estimate of drug-likeness (QED) is 0.920. The summed E-state index contributed by atoms with van der Waals surface area (Å²) in [4.78, 5) is 11.6. The summed E-state index contributed by atoms with van der Waals surface area (Å²) >= 11 is 0. The molecule has 1 aromatic heterocycles. The molecule has 2 aromatic rings. The average Bonchev–Trinajstić information content (AvgIpc) is 2.90. The molecule has 0 bridgehead atoms. The predicted molar refractivity (Wildman–Crippen MR) is 98.2 cm³/mol. The summed E-state index contributed by atoms with van der Waals surface area (Å²) in [6.45, 7) is 5.33. The van der Waals surface area contributed by atoms with E-state index in [2.05, 4.69) is 21.3 Å². The molecule has 1 fully saturated rings. The molecule has 132 valence electrons. The number of nitrogens with zero attached hydrogens (tertiary/aromatic N) is 3. The van der Waals surface area contributed by atoms with Gasteiger partial charge in [-0.1, -0.05) is 12.8 Å². The number of hydrogen-bond acceptors (Lipinski definition) is 6. The van der Waals surface area contributed by atoms with Crippen molar-refractivity contribution >= 4 is 17.5 Å². The topological polar surface area (TPSA) is 59.5 Å². The highest BCUT2D eigenvalue weighted by molar-refractivity contribution is 5.61. The maximum atomic E-state index is 5.64. The number of aryl methyl sites for hydroxylation is 1. The Kier molecular flexibility index (Phi) is 4.59. The van der Waals surface area contributed by atoms with Crippen molar-refractivity contribution in [1.82, 2.24) is 9.97 Å². The first-order valence-corrected chi connectivity index (χ1v) is 9.05. The first-order chi connectivity index (χ1) is 12.3. The summed E-state index contributed by atoms with van der Waals surface area (Å²) < 4.78 is 11.2. The number of benzene rings is 1. The Morgan fingerprint density at radius 3 is 2.48 bits per heavy atom. The van der Waals surface area contributed by atoms with Crippen LogP contribution in [0.15, 0.2) is 24.3 Å². The van der Waals surface area contributed by atoms with Crippen LogP contribution in [0.3, 0.4) is 0 Å². The summed E-state index contributed by atoms with van der Waals surface area (Å²) in [6, 6.07) is 7.89. The largest absolute Gasteiger partial charge is 0.486 e. The lowest BCUT2D eigenvalue weighted by molar-refractivity contribution is 0.171.